The fraction of sp³-hybridized carbons (Fsp3) is 0.211. The van der Waals surface area contributed by atoms with E-state index in [1.807, 2.05) is 36.2 Å². The number of nitrogens with zero attached hydrogens (tertiary/aromatic N) is 3. The van der Waals surface area contributed by atoms with Gasteiger partial charge in [-0.05, 0) is 35.4 Å². The molecule has 0 aliphatic carbocycles. The van der Waals surface area contributed by atoms with Crippen LogP contribution in [0.4, 0.5) is 9.52 Å². The van der Waals surface area contributed by atoms with Crippen LogP contribution in [-0.4, -0.2) is 30.2 Å². The lowest BCUT2D eigenvalue weighted by Crippen LogP contribution is -2.18. The second-order valence-corrected chi connectivity index (χ2v) is 6.95. The number of carbonyl (C=O) groups excluding carboxylic acids is 1. The highest BCUT2D eigenvalue weighted by molar-refractivity contribution is 7.15. The van der Waals surface area contributed by atoms with E-state index >= 15 is 0 Å². The first kappa shape index (κ1) is 18.0. The Morgan fingerprint density at radius 3 is 2.38 bits per heavy atom. The average Bonchev–Trinajstić information content (AvgIpc) is 3.12. The van der Waals surface area contributed by atoms with E-state index in [4.69, 9.17) is 0 Å². The van der Waals surface area contributed by atoms with Crippen molar-refractivity contribution in [1.82, 2.24) is 15.5 Å². The molecular formula is C19H19FN4OS. The Labute approximate surface area is 155 Å². The number of nitrogens with one attached hydrogen (secondary N) is 1. The number of halogens is 1. The minimum absolute atomic E-state index is 0.0977. The zero-order valence-electron chi connectivity index (χ0n) is 14.6. The highest BCUT2D eigenvalue weighted by Crippen LogP contribution is 2.23. The molecule has 0 aliphatic rings. The first-order chi connectivity index (χ1) is 12.5. The molecule has 0 saturated carbocycles. The molecule has 5 nitrogen and oxygen atoms in total. The van der Waals surface area contributed by atoms with E-state index in [-0.39, 0.29) is 11.7 Å². The third-order valence-corrected chi connectivity index (χ3v) is 4.95. The third-order valence-electron chi connectivity index (χ3n) is 3.91. The lowest BCUT2D eigenvalue weighted by Gasteiger charge is -2.15. The number of aromatic nitrogens is 2. The van der Waals surface area contributed by atoms with Crippen molar-refractivity contribution in [2.75, 3.05) is 19.0 Å². The molecule has 1 heterocycles. The van der Waals surface area contributed by atoms with Crippen LogP contribution in [0.1, 0.15) is 26.5 Å². The summed E-state index contributed by atoms with van der Waals surface area (Å²) < 4.78 is 13.0. The van der Waals surface area contributed by atoms with Gasteiger partial charge < -0.3 is 10.2 Å². The number of hydrogen-bond donors (Lipinski definition) is 1. The number of rotatable bonds is 6. The van der Waals surface area contributed by atoms with E-state index < -0.39 is 0 Å². The molecule has 0 bridgehead atoms. The van der Waals surface area contributed by atoms with Crippen molar-refractivity contribution in [3.8, 4) is 0 Å². The van der Waals surface area contributed by atoms with Crippen LogP contribution >= 0.6 is 11.3 Å². The van der Waals surface area contributed by atoms with Crippen molar-refractivity contribution in [2.24, 2.45) is 0 Å². The fourth-order valence-electron chi connectivity index (χ4n) is 2.49. The van der Waals surface area contributed by atoms with Gasteiger partial charge in [0.1, 0.15) is 10.8 Å². The molecule has 0 aliphatic heterocycles. The Balaban J connectivity index is 1.63. The van der Waals surface area contributed by atoms with Gasteiger partial charge in [0.25, 0.3) is 5.91 Å². The van der Waals surface area contributed by atoms with Gasteiger partial charge in [-0.2, -0.15) is 0 Å². The quantitative estimate of drug-likeness (QED) is 0.724. The summed E-state index contributed by atoms with van der Waals surface area (Å²) >= 11 is 1.52. The summed E-state index contributed by atoms with van der Waals surface area (Å²) in [5.74, 6) is -0.340. The smallest absolute Gasteiger partial charge is 0.251 e. The standard InChI is InChI=1S/C19H19FN4OS/c1-21-18(25)15-7-3-14(4-8-15)12-24(2)19-23-22-17(26-19)11-13-5-9-16(20)10-6-13/h3-10H,11-12H2,1-2H3,(H,21,25). The Bertz CT molecular complexity index is 877. The molecule has 0 unspecified atom stereocenters. The molecule has 1 N–H and O–H groups in total. The summed E-state index contributed by atoms with van der Waals surface area (Å²) in [4.78, 5) is 13.6. The molecule has 0 saturated heterocycles. The zero-order chi connectivity index (χ0) is 18.5. The van der Waals surface area contributed by atoms with E-state index in [1.165, 1.54) is 23.5 Å². The predicted octanol–water partition coefficient (Wildman–Crippen LogP) is 3.26. The van der Waals surface area contributed by atoms with E-state index in [9.17, 15) is 9.18 Å². The van der Waals surface area contributed by atoms with Gasteiger partial charge in [0, 0.05) is 32.6 Å². The van der Waals surface area contributed by atoms with Crippen molar-refractivity contribution in [3.05, 3.63) is 76.0 Å². The minimum atomic E-state index is -0.242. The topological polar surface area (TPSA) is 58.1 Å². The number of hydrogen-bond acceptors (Lipinski definition) is 5. The van der Waals surface area contributed by atoms with Crippen LogP contribution < -0.4 is 10.2 Å². The van der Waals surface area contributed by atoms with Crippen LogP contribution in [0.2, 0.25) is 0 Å². The van der Waals surface area contributed by atoms with Crippen LogP contribution in [0.5, 0.6) is 0 Å². The molecule has 1 amide bonds. The zero-order valence-corrected chi connectivity index (χ0v) is 15.4. The van der Waals surface area contributed by atoms with Crippen LogP contribution in [0, 0.1) is 5.82 Å². The van der Waals surface area contributed by atoms with Crippen molar-refractivity contribution in [1.29, 1.82) is 0 Å². The molecule has 3 rings (SSSR count). The van der Waals surface area contributed by atoms with Gasteiger partial charge in [0.15, 0.2) is 0 Å². The van der Waals surface area contributed by atoms with Crippen LogP contribution in [0.15, 0.2) is 48.5 Å². The van der Waals surface area contributed by atoms with Gasteiger partial charge in [0.05, 0.1) is 0 Å². The molecule has 26 heavy (non-hydrogen) atoms. The summed E-state index contributed by atoms with van der Waals surface area (Å²) in [5.41, 5.74) is 2.72. The van der Waals surface area contributed by atoms with Gasteiger partial charge in [-0.15, -0.1) is 10.2 Å². The summed E-state index contributed by atoms with van der Waals surface area (Å²) in [6.07, 6.45) is 0.632. The first-order valence-electron chi connectivity index (χ1n) is 8.14. The molecule has 0 spiro atoms. The van der Waals surface area contributed by atoms with Crippen molar-refractivity contribution in [2.45, 2.75) is 13.0 Å². The maximum Gasteiger partial charge on any atom is 0.251 e. The summed E-state index contributed by atoms with van der Waals surface area (Å²) in [5, 5.41) is 12.8. The van der Waals surface area contributed by atoms with E-state index in [2.05, 4.69) is 15.5 Å². The molecule has 3 aromatic rings. The lowest BCUT2D eigenvalue weighted by atomic mass is 10.1. The van der Waals surface area contributed by atoms with Gasteiger partial charge in [-0.1, -0.05) is 35.6 Å². The van der Waals surface area contributed by atoms with Gasteiger partial charge in [0.2, 0.25) is 5.13 Å². The second-order valence-electron chi connectivity index (χ2n) is 5.91. The predicted molar refractivity (Wildman–Crippen MR) is 101 cm³/mol. The Morgan fingerprint density at radius 1 is 1.08 bits per heavy atom. The number of benzene rings is 2. The fourth-order valence-corrected chi connectivity index (χ4v) is 3.33. The third kappa shape index (κ3) is 4.43. The molecule has 1 aromatic heterocycles. The van der Waals surface area contributed by atoms with E-state index in [1.54, 1.807) is 19.2 Å². The Morgan fingerprint density at radius 2 is 1.73 bits per heavy atom. The normalized spacial score (nSPS) is 10.6. The number of amides is 1. The summed E-state index contributed by atoms with van der Waals surface area (Å²) in [6.45, 7) is 0.666. The Hall–Kier alpha value is -2.80. The molecular weight excluding hydrogens is 351 g/mol. The number of anilines is 1. The lowest BCUT2D eigenvalue weighted by molar-refractivity contribution is 0.0963. The van der Waals surface area contributed by atoms with Crippen LogP contribution in [0.3, 0.4) is 0 Å². The highest BCUT2D eigenvalue weighted by Gasteiger charge is 2.11. The van der Waals surface area contributed by atoms with Crippen LogP contribution in [0.25, 0.3) is 0 Å². The van der Waals surface area contributed by atoms with E-state index in [0.717, 1.165) is 21.3 Å². The average molecular weight is 370 g/mol. The maximum absolute atomic E-state index is 13.0. The van der Waals surface area contributed by atoms with E-state index in [0.29, 0.717) is 18.5 Å². The minimum Gasteiger partial charge on any atom is -0.355 e. The van der Waals surface area contributed by atoms with Crippen molar-refractivity contribution < 1.29 is 9.18 Å². The largest absolute Gasteiger partial charge is 0.355 e. The molecule has 0 fully saturated rings. The van der Waals surface area contributed by atoms with Gasteiger partial charge in [-0.25, -0.2) is 4.39 Å². The molecule has 2 aromatic carbocycles. The molecule has 7 heteroatoms. The number of carbonyl (C=O) groups is 1. The summed E-state index contributed by atoms with van der Waals surface area (Å²) in [7, 11) is 3.57. The summed E-state index contributed by atoms with van der Waals surface area (Å²) in [6, 6.07) is 13.9. The van der Waals surface area contributed by atoms with Crippen molar-refractivity contribution >= 4 is 22.4 Å². The molecule has 134 valence electrons. The van der Waals surface area contributed by atoms with Crippen LogP contribution in [-0.2, 0) is 13.0 Å². The second kappa shape index (κ2) is 8.05. The SMILES string of the molecule is CNC(=O)c1ccc(CN(C)c2nnc(Cc3ccc(F)cc3)s2)cc1. The molecule has 0 atom stereocenters. The Kier molecular flexibility index (Phi) is 5.58. The highest BCUT2D eigenvalue weighted by atomic mass is 32.1. The van der Waals surface area contributed by atoms with Gasteiger partial charge in [-0.3, -0.25) is 4.79 Å². The van der Waals surface area contributed by atoms with Gasteiger partial charge >= 0.3 is 0 Å². The first-order valence-corrected chi connectivity index (χ1v) is 8.96. The molecule has 0 radical (unpaired) electrons. The van der Waals surface area contributed by atoms with Crippen molar-refractivity contribution in [3.63, 3.8) is 0 Å². The monoisotopic (exact) mass is 370 g/mol. The maximum atomic E-state index is 13.0.